The van der Waals surface area contributed by atoms with E-state index in [4.69, 9.17) is 9.57 Å². The Kier molecular flexibility index (Phi) is 5.14. The van der Waals surface area contributed by atoms with Gasteiger partial charge in [-0.05, 0) is 36.4 Å². The maximum atomic E-state index is 12.2. The maximum Gasteiger partial charge on any atom is 0.279 e. The van der Waals surface area contributed by atoms with Gasteiger partial charge in [0.15, 0.2) is 0 Å². The fourth-order valence-electron chi connectivity index (χ4n) is 2.23. The van der Waals surface area contributed by atoms with Crippen molar-refractivity contribution < 1.29 is 22.8 Å². The Labute approximate surface area is 150 Å². The lowest BCUT2D eigenvalue weighted by Gasteiger charge is -2.11. The van der Waals surface area contributed by atoms with Crippen LogP contribution in [0.15, 0.2) is 58.8 Å². The molecule has 3 rings (SSSR count). The van der Waals surface area contributed by atoms with Crippen molar-refractivity contribution >= 4 is 21.6 Å². The molecule has 2 N–H and O–H groups in total. The Bertz CT molecular complexity index is 913. The summed E-state index contributed by atoms with van der Waals surface area (Å²) >= 11 is 0. The Balaban J connectivity index is 1.57. The van der Waals surface area contributed by atoms with Crippen molar-refractivity contribution in [3.8, 4) is 5.75 Å². The number of methoxy groups -OCH3 is 1. The maximum absolute atomic E-state index is 12.2. The van der Waals surface area contributed by atoms with Crippen molar-refractivity contribution in [3.05, 3.63) is 54.4 Å². The molecular formula is C16H16N4O5S. The molecule has 0 bridgehead atoms. The summed E-state index contributed by atoms with van der Waals surface area (Å²) in [6, 6.07) is 9.27. The molecule has 26 heavy (non-hydrogen) atoms. The van der Waals surface area contributed by atoms with Crippen LogP contribution in [-0.2, 0) is 19.7 Å². The topological polar surface area (TPSA) is 119 Å². The van der Waals surface area contributed by atoms with Gasteiger partial charge in [-0.3, -0.25) is 15.2 Å². The first-order chi connectivity index (χ1) is 12.5. The number of pyridine rings is 1. The Morgan fingerprint density at radius 1 is 1.27 bits per heavy atom. The fraction of sp³-hybridized carbons (Fsp3) is 0.188. The second-order valence-corrected chi connectivity index (χ2v) is 7.03. The first-order valence-electron chi connectivity index (χ1n) is 7.58. The highest BCUT2D eigenvalue weighted by Gasteiger charge is 2.30. The van der Waals surface area contributed by atoms with Crippen molar-refractivity contribution in [3.63, 3.8) is 0 Å². The zero-order chi connectivity index (χ0) is 18.6. The third kappa shape index (κ3) is 3.98. The number of sulfonamides is 1. The van der Waals surface area contributed by atoms with E-state index in [0.29, 0.717) is 11.5 Å². The van der Waals surface area contributed by atoms with Crippen molar-refractivity contribution in [1.29, 1.82) is 0 Å². The van der Waals surface area contributed by atoms with Crippen molar-refractivity contribution in [1.82, 2.24) is 15.2 Å². The van der Waals surface area contributed by atoms with E-state index in [1.807, 2.05) is 4.83 Å². The molecule has 1 amide bonds. The largest absolute Gasteiger partial charge is 0.497 e. The van der Waals surface area contributed by atoms with E-state index in [1.54, 1.807) is 24.5 Å². The second-order valence-electron chi connectivity index (χ2n) is 5.35. The number of hydrazine groups is 1. The van der Waals surface area contributed by atoms with Gasteiger partial charge in [-0.1, -0.05) is 5.16 Å². The zero-order valence-corrected chi connectivity index (χ0v) is 14.6. The molecular weight excluding hydrogens is 360 g/mol. The van der Waals surface area contributed by atoms with Gasteiger partial charge in [0.05, 0.1) is 17.7 Å². The Hall–Kier alpha value is -2.98. The van der Waals surface area contributed by atoms with Crippen LogP contribution in [0.2, 0.25) is 0 Å². The van der Waals surface area contributed by atoms with E-state index < -0.39 is 22.0 Å². The minimum absolute atomic E-state index is 0.0155. The number of carbonyl (C=O) groups excluding carboxylic acids is 1. The summed E-state index contributed by atoms with van der Waals surface area (Å²) in [5.74, 6) is -0.128. The smallest absolute Gasteiger partial charge is 0.279 e. The van der Waals surface area contributed by atoms with Crippen LogP contribution in [0.25, 0.3) is 0 Å². The van der Waals surface area contributed by atoms with Gasteiger partial charge < -0.3 is 9.57 Å². The molecule has 0 radical (unpaired) electrons. The zero-order valence-electron chi connectivity index (χ0n) is 13.7. The molecule has 0 spiro atoms. The van der Waals surface area contributed by atoms with Gasteiger partial charge in [0.25, 0.3) is 15.9 Å². The standard InChI is InChI=1S/C16H16N4O5S/c1-24-12-4-6-13(7-5-12)26(22,23)20-18-16(21)15-9-14(19-25-15)11-3-2-8-17-10-11/h2-8,10,15,20H,9H2,1H3,(H,18,21)/t15-/m0/s1. The number of aromatic nitrogens is 1. The number of hydrogen-bond acceptors (Lipinski definition) is 7. The molecule has 136 valence electrons. The average molecular weight is 376 g/mol. The van der Waals surface area contributed by atoms with Crippen LogP contribution in [0.1, 0.15) is 12.0 Å². The van der Waals surface area contributed by atoms with E-state index in [-0.39, 0.29) is 11.3 Å². The molecule has 2 heterocycles. The number of hydrogen-bond donors (Lipinski definition) is 2. The molecule has 1 aliphatic rings. The van der Waals surface area contributed by atoms with Crippen LogP contribution in [-0.4, -0.2) is 38.2 Å². The van der Waals surface area contributed by atoms with Gasteiger partial charge in [-0.25, -0.2) is 8.42 Å². The Morgan fingerprint density at radius 3 is 2.69 bits per heavy atom. The number of amides is 1. The van der Waals surface area contributed by atoms with E-state index in [0.717, 1.165) is 5.56 Å². The second kappa shape index (κ2) is 7.50. The van der Waals surface area contributed by atoms with Gasteiger partial charge in [0.2, 0.25) is 6.10 Å². The lowest BCUT2D eigenvalue weighted by atomic mass is 10.1. The molecule has 0 saturated heterocycles. The molecule has 1 aromatic carbocycles. The lowest BCUT2D eigenvalue weighted by Crippen LogP contribution is -2.46. The van der Waals surface area contributed by atoms with Crippen LogP contribution in [0, 0.1) is 0 Å². The van der Waals surface area contributed by atoms with Crippen LogP contribution in [0.3, 0.4) is 0 Å². The predicted molar refractivity (Wildman–Crippen MR) is 91.7 cm³/mol. The first-order valence-corrected chi connectivity index (χ1v) is 9.07. The molecule has 1 aliphatic heterocycles. The molecule has 9 nitrogen and oxygen atoms in total. The monoisotopic (exact) mass is 376 g/mol. The molecule has 0 fully saturated rings. The molecule has 0 saturated carbocycles. The fourth-order valence-corrected chi connectivity index (χ4v) is 3.08. The minimum Gasteiger partial charge on any atom is -0.497 e. The first kappa shape index (κ1) is 17.8. The number of rotatable bonds is 6. The number of ether oxygens (including phenoxy) is 1. The molecule has 0 aliphatic carbocycles. The van der Waals surface area contributed by atoms with Crippen LogP contribution >= 0.6 is 0 Å². The van der Waals surface area contributed by atoms with Gasteiger partial charge in [-0.2, -0.15) is 0 Å². The van der Waals surface area contributed by atoms with Crippen LogP contribution in [0.4, 0.5) is 0 Å². The normalized spacial score (nSPS) is 16.5. The van der Waals surface area contributed by atoms with Crippen LogP contribution < -0.4 is 15.0 Å². The molecule has 10 heteroatoms. The summed E-state index contributed by atoms with van der Waals surface area (Å²) in [5, 5.41) is 3.85. The van der Waals surface area contributed by atoms with Gasteiger partial charge in [0.1, 0.15) is 5.75 Å². The van der Waals surface area contributed by atoms with E-state index in [9.17, 15) is 13.2 Å². The number of nitrogens with one attached hydrogen (secondary N) is 2. The number of benzene rings is 1. The van der Waals surface area contributed by atoms with E-state index in [2.05, 4.69) is 15.6 Å². The molecule has 1 atom stereocenters. The van der Waals surface area contributed by atoms with E-state index >= 15 is 0 Å². The third-order valence-electron chi connectivity index (χ3n) is 3.63. The summed E-state index contributed by atoms with van der Waals surface area (Å²) < 4.78 is 29.4. The summed E-state index contributed by atoms with van der Waals surface area (Å²) in [5.41, 5.74) is 3.45. The minimum atomic E-state index is -3.92. The summed E-state index contributed by atoms with van der Waals surface area (Å²) in [6.45, 7) is 0. The quantitative estimate of drug-likeness (QED) is 0.713. The highest BCUT2D eigenvalue weighted by molar-refractivity contribution is 7.89. The highest BCUT2D eigenvalue weighted by atomic mass is 32.2. The summed E-state index contributed by atoms with van der Waals surface area (Å²) in [6.07, 6.45) is 2.51. The van der Waals surface area contributed by atoms with Gasteiger partial charge >= 0.3 is 0 Å². The average Bonchev–Trinajstić information content (AvgIpc) is 3.17. The molecule has 1 aromatic heterocycles. The highest BCUT2D eigenvalue weighted by Crippen LogP contribution is 2.17. The number of nitrogens with zero attached hydrogens (tertiary/aromatic N) is 2. The van der Waals surface area contributed by atoms with Crippen LogP contribution in [0.5, 0.6) is 5.75 Å². The SMILES string of the molecule is COc1ccc(S(=O)(=O)NNC(=O)[C@@H]2CC(c3cccnc3)=NO2)cc1. The van der Waals surface area contributed by atoms with Gasteiger partial charge in [0, 0.05) is 24.4 Å². The number of carbonyl (C=O) groups is 1. The third-order valence-corrected chi connectivity index (χ3v) is 4.90. The predicted octanol–water partition coefficient (Wildman–Crippen LogP) is 0.593. The summed E-state index contributed by atoms with van der Waals surface area (Å²) in [7, 11) is -2.44. The lowest BCUT2D eigenvalue weighted by molar-refractivity contribution is -0.131. The van der Waals surface area contributed by atoms with Crippen molar-refractivity contribution in [2.24, 2.45) is 5.16 Å². The van der Waals surface area contributed by atoms with Gasteiger partial charge in [-0.15, -0.1) is 4.83 Å². The number of oxime groups is 1. The molecule has 0 unspecified atom stereocenters. The summed E-state index contributed by atoms with van der Waals surface area (Å²) in [4.78, 5) is 23.2. The van der Waals surface area contributed by atoms with E-state index in [1.165, 1.54) is 31.4 Å². The van der Waals surface area contributed by atoms with Crippen molar-refractivity contribution in [2.45, 2.75) is 17.4 Å². The Morgan fingerprint density at radius 2 is 2.04 bits per heavy atom. The van der Waals surface area contributed by atoms with Crippen molar-refractivity contribution in [2.75, 3.05) is 7.11 Å². The molecule has 2 aromatic rings.